The fourth-order valence-corrected chi connectivity index (χ4v) is 4.61. The number of thioether (sulfide) groups is 1. The molecule has 1 amide bonds. The molecule has 1 aliphatic heterocycles. The molecular weight excluding hydrogens is 368 g/mol. The van der Waals surface area contributed by atoms with Gasteiger partial charge in [0.2, 0.25) is 5.91 Å². The molecule has 0 aliphatic carbocycles. The third-order valence-electron chi connectivity index (χ3n) is 4.68. The maximum Gasteiger partial charge on any atom is 0.233 e. The summed E-state index contributed by atoms with van der Waals surface area (Å²) in [6.45, 7) is 8.97. The summed E-state index contributed by atoms with van der Waals surface area (Å²) in [5, 5.41) is 10.1. The van der Waals surface area contributed by atoms with E-state index in [1.165, 1.54) is 18.2 Å². The topological polar surface area (TPSA) is 51.0 Å². The van der Waals surface area contributed by atoms with Gasteiger partial charge in [0.25, 0.3) is 0 Å². The van der Waals surface area contributed by atoms with E-state index in [2.05, 4.69) is 31.0 Å². The quantitative estimate of drug-likeness (QED) is 0.715. The zero-order valence-corrected chi connectivity index (χ0v) is 17.1. The first-order valence-corrected chi connectivity index (χ1v) is 10.4. The van der Waals surface area contributed by atoms with Crippen molar-refractivity contribution in [2.45, 2.75) is 38.9 Å². The molecule has 0 spiro atoms. The van der Waals surface area contributed by atoms with Crippen molar-refractivity contribution < 1.29 is 4.79 Å². The lowest BCUT2D eigenvalue weighted by atomic mass is 9.92. The summed E-state index contributed by atoms with van der Waals surface area (Å²) in [5.74, 6) is 2.54. The molecule has 2 heterocycles. The van der Waals surface area contributed by atoms with Crippen molar-refractivity contribution in [1.29, 1.82) is 0 Å². The minimum Gasteiger partial charge on any atom is -0.341 e. The lowest BCUT2D eigenvalue weighted by molar-refractivity contribution is -0.130. The van der Waals surface area contributed by atoms with Crippen LogP contribution in [0.5, 0.6) is 0 Å². The molecule has 1 aromatic carbocycles. The van der Waals surface area contributed by atoms with Gasteiger partial charge in [0.15, 0.2) is 11.0 Å². The maximum atomic E-state index is 12.6. The van der Waals surface area contributed by atoms with Crippen LogP contribution in [0.3, 0.4) is 0 Å². The maximum absolute atomic E-state index is 12.6. The molecule has 2 atom stereocenters. The number of nitrogens with zero attached hydrogens (tertiary/aromatic N) is 4. The van der Waals surface area contributed by atoms with Gasteiger partial charge in [-0.05, 0) is 49.4 Å². The van der Waals surface area contributed by atoms with E-state index in [1.54, 1.807) is 0 Å². The van der Waals surface area contributed by atoms with E-state index in [0.717, 1.165) is 36.2 Å². The molecule has 1 saturated heterocycles. The van der Waals surface area contributed by atoms with Crippen LogP contribution >= 0.6 is 23.4 Å². The van der Waals surface area contributed by atoms with Crippen molar-refractivity contribution in [3.05, 3.63) is 29.3 Å². The fraction of sp³-hybridized carbons (Fsp3) is 0.526. The van der Waals surface area contributed by atoms with Crippen LogP contribution in [0, 0.1) is 11.8 Å². The molecule has 1 aromatic heterocycles. The molecular formula is C19H25ClN4OS. The van der Waals surface area contributed by atoms with E-state index in [0.29, 0.717) is 22.6 Å². The number of carbonyl (C=O) groups excluding carboxylic acids is 1. The number of benzene rings is 1. The van der Waals surface area contributed by atoms with Gasteiger partial charge in [-0.1, -0.05) is 37.2 Å². The summed E-state index contributed by atoms with van der Waals surface area (Å²) < 4.78 is 2.04. The second-order valence-electron chi connectivity index (χ2n) is 7.09. The number of aromatic nitrogens is 3. The molecule has 1 fully saturated rings. The van der Waals surface area contributed by atoms with Gasteiger partial charge in [0, 0.05) is 30.2 Å². The van der Waals surface area contributed by atoms with Gasteiger partial charge in [-0.3, -0.25) is 4.79 Å². The largest absolute Gasteiger partial charge is 0.341 e. The van der Waals surface area contributed by atoms with Crippen molar-refractivity contribution in [3.63, 3.8) is 0 Å². The van der Waals surface area contributed by atoms with Crippen LogP contribution in [0.1, 0.15) is 27.2 Å². The van der Waals surface area contributed by atoms with Gasteiger partial charge in [-0.15, -0.1) is 10.2 Å². The van der Waals surface area contributed by atoms with Gasteiger partial charge in [-0.2, -0.15) is 0 Å². The van der Waals surface area contributed by atoms with E-state index in [-0.39, 0.29) is 5.91 Å². The predicted molar refractivity (Wildman–Crippen MR) is 106 cm³/mol. The van der Waals surface area contributed by atoms with Crippen LogP contribution in [0.4, 0.5) is 0 Å². The van der Waals surface area contributed by atoms with Gasteiger partial charge < -0.3 is 9.47 Å². The van der Waals surface area contributed by atoms with E-state index in [1.807, 2.05) is 33.7 Å². The first-order chi connectivity index (χ1) is 12.5. The van der Waals surface area contributed by atoms with E-state index < -0.39 is 0 Å². The summed E-state index contributed by atoms with van der Waals surface area (Å²) >= 11 is 7.43. The molecule has 140 valence electrons. The Morgan fingerprint density at radius 3 is 2.46 bits per heavy atom. The van der Waals surface area contributed by atoms with Crippen LogP contribution in [0.25, 0.3) is 11.4 Å². The number of rotatable bonds is 5. The number of piperidine rings is 1. The number of hydrogen-bond acceptors (Lipinski definition) is 4. The fourth-order valence-electron chi connectivity index (χ4n) is 3.58. The normalized spacial score (nSPS) is 20.4. The highest BCUT2D eigenvalue weighted by Crippen LogP contribution is 2.26. The van der Waals surface area contributed by atoms with Crippen molar-refractivity contribution in [2.24, 2.45) is 11.8 Å². The second-order valence-corrected chi connectivity index (χ2v) is 8.47. The first-order valence-electron chi connectivity index (χ1n) is 9.07. The Hall–Kier alpha value is -1.53. The summed E-state index contributed by atoms with van der Waals surface area (Å²) in [5.41, 5.74) is 0.973. The van der Waals surface area contributed by atoms with Crippen LogP contribution < -0.4 is 0 Å². The molecule has 3 rings (SSSR count). The Morgan fingerprint density at radius 1 is 1.19 bits per heavy atom. The van der Waals surface area contributed by atoms with Crippen molar-refractivity contribution in [2.75, 3.05) is 18.8 Å². The van der Waals surface area contributed by atoms with Gasteiger partial charge in [0.1, 0.15) is 0 Å². The Labute approximate surface area is 164 Å². The minimum absolute atomic E-state index is 0.187. The second kappa shape index (κ2) is 8.44. The molecule has 0 saturated carbocycles. The Kier molecular flexibility index (Phi) is 6.24. The lowest BCUT2D eigenvalue weighted by Crippen LogP contribution is -2.43. The Balaban J connectivity index is 1.68. The minimum atomic E-state index is 0.187. The van der Waals surface area contributed by atoms with Crippen molar-refractivity contribution in [1.82, 2.24) is 19.7 Å². The molecule has 0 radical (unpaired) electrons. The standard InChI is InChI=1S/C19H25ClN4OS/c1-4-24-18(15-5-7-16(20)8-6-15)21-22-19(24)26-12-17(25)23-10-13(2)9-14(3)11-23/h5-8,13-14H,4,9-12H2,1-3H3/t13-,14-/m1/s1. The molecule has 0 unspecified atom stereocenters. The number of amides is 1. The highest BCUT2D eigenvalue weighted by molar-refractivity contribution is 7.99. The molecule has 7 heteroatoms. The highest BCUT2D eigenvalue weighted by Gasteiger charge is 2.25. The van der Waals surface area contributed by atoms with Gasteiger partial charge >= 0.3 is 0 Å². The number of halogens is 1. The summed E-state index contributed by atoms with van der Waals surface area (Å²) in [4.78, 5) is 14.6. The summed E-state index contributed by atoms with van der Waals surface area (Å²) in [6.07, 6.45) is 1.20. The summed E-state index contributed by atoms with van der Waals surface area (Å²) in [7, 11) is 0. The number of hydrogen-bond donors (Lipinski definition) is 0. The Bertz CT molecular complexity index is 751. The third kappa shape index (κ3) is 4.41. The molecule has 0 bridgehead atoms. The lowest BCUT2D eigenvalue weighted by Gasteiger charge is -2.34. The average Bonchev–Trinajstić information content (AvgIpc) is 3.02. The number of carbonyl (C=O) groups is 1. The predicted octanol–water partition coefficient (Wildman–Crippen LogP) is 4.22. The molecule has 0 N–H and O–H groups in total. The SMILES string of the molecule is CCn1c(SCC(=O)N2C[C@H](C)C[C@@H](C)C2)nnc1-c1ccc(Cl)cc1. The van der Waals surface area contributed by atoms with Crippen molar-refractivity contribution in [3.8, 4) is 11.4 Å². The van der Waals surface area contributed by atoms with Crippen LogP contribution in [-0.2, 0) is 11.3 Å². The van der Waals surface area contributed by atoms with E-state index >= 15 is 0 Å². The Morgan fingerprint density at radius 2 is 1.85 bits per heavy atom. The zero-order chi connectivity index (χ0) is 18.7. The van der Waals surface area contributed by atoms with Gasteiger partial charge in [-0.25, -0.2) is 0 Å². The monoisotopic (exact) mass is 392 g/mol. The van der Waals surface area contributed by atoms with Crippen molar-refractivity contribution >= 4 is 29.3 Å². The van der Waals surface area contributed by atoms with Crippen LogP contribution in [0.15, 0.2) is 29.4 Å². The first kappa shape index (κ1) is 19.2. The van der Waals surface area contributed by atoms with E-state index in [9.17, 15) is 4.79 Å². The smallest absolute Gasteiger partial charge is 0.233 e. The summed E-state index contributed by atoms with van der Waals surface area (Å²) in [6, 6.07) is 7.57. The van der Waals surface area contributed by atoms with Crippen LogP contribution in [0.2, 0.25) is 5.02 Å². The van der Waals surface area contributed by atoms with Gasteiger partial charge in [0.05, 0.1) is 5.75 Å². The molecule has 5 nitrogen and oxygen atoms in total. The number of likely N-dealkylation sites (tertiary alicyclic amines) is 1. The highest BCUT2D eigenvalue weighted by atomic mass is 35.5. The molecule has 2 aromatic rings. The zero-order valence-electron chi connectivity index (χ0n) is 15.5. The molecule has 26 heavy (non-hydrogen) atoms. The van der Waals surface area contributed by atoms with E-state index in [4.69, 9.17) is 11.6 Å². The van der Waals surface area contributed by atoms with Crippen LogP contribution in [-0.4, -0.2) is 44.4 Å². The average molecular weight is 393 g/mol. The third-order valence-corrected chi connectivity index (χ3v) is 5.89. The molecule has 1 aliphatic rings.